The van der Waals surface area contributed by atoms with Crippen LogP contribution in [0.4, 0.5) is 5.69 Å². The van der Waals surface area contributed by atoms with E-state index >= 15 is 0 Å². The van der Waals surface area contributed by atoms with Crippen LogP contribution in [0.1, 0.15) is 38.5 Å². The van der Waals surface area contributed by atoms with E-state index < -0.39 is 15.9 Å². The summed E-state index contributed by atoms with van der Waals surface area (Å²) < 4.78 is 28.8. The number of aromatic amines is 1. The molecule has 1 aliphatic carbocycles. The van der Waals surface area contributed by atoms with Crippen LogP contribution in [0.25, 0.3) is 11.3 Å². The third-order valence-electron chi connectivity index (χ3n) is 5.21. The summed E-state index contributed by atoms with van der Waals surface area (Å²) in [7, 11) is -3.99. The number of hydrogen-bond acceptors (Lipinski definition) is 6. The molecule has 0 bridgehead atoms. The quantitative estimate of drug-likeness (QED) is 0.702. The molecule has 9 nitrogen and oxygen atoms in total. The van der Waals surface area contributed by atoms with Crippen LogP contribution in [0.5, 0.6) is 0 Å². The molecule has 1 aromatic carbocycles. The molecule has 1 amide bonds. The van der Waals surface area contributed by atoms with Gasteiger partial charge in [0, 0.05) is 12.1 Å². The van der Waals surface area contributed by atoms with Gasteiger partial charge in [-0.15, -0.1) is 4.40 Å². The van der Waals surface area contributed by atoms with Gasteiger partial charge in [-0.3, -0.25) is 4.79 Å². The lowest BCUT2D eigenvalue weighted by Crippen LogP contribution is -2.39. The molecule has 3 N–H and O–H groups in total. The Morgan fingerprint density at radius 3 is 2.79 bits per heavy atom. The summed E-state index contributed by atoms with van der Waals surface area (Å²) in [6.07, 6.45) is 8.59. The molecule has 2 heterocycles. The fraction of sp³-hybridized carbons (Fsp3) is 0.444. The molecule has 0 unspecified atom stereocenters. The van der Waals surface area contributed by atoms with Crippen molar-refractivity contribution in [2.75, 3.05) is 11.9 Å². The fourth-order valence-electron chi connectivity index (χ4n) is 3.71. The van der Waals surface area contributed by atoms with Crippen LogP contribution >= 0.6 is 0 Å². The number of rotatable bonds is 5. The van der Waals surface area contributed by atoms with Crippen molar-refractivity contribution in [2.24, 2.45) is 10.3 Å². The lowest BCUT2D eigenvalue weighted by molar-refractivity contribution is -0.114. The van der Waals surface area contributed by atoms with Gasteiger partial charge < -0.3 is 10.6 Å². The Morgan fingerprint density at radius 2 is 2.04 bits per heavy atom. The minimum absolute atomic E-state index is 0.00626. The lowest BCUT2D eigenvalue weighted by Gasteiger charge is -2.22. The maximum absolute atomic E-state index is 12.6. The second kappa shape index (κ2) is 7.70. The predicted molar refractivity (Wildman–Crippen MR) is 104 cm³/mol. The molecule has 28 heavy (non-hydrogen) atoms. The molecule has 1 aliphatic heterocycles. The van der Waals surface area contributed by atoms with Gasteiger partial charge in [0.05, 0.1) is 11.9 Å². The largest absolute Gasteiger partial charge is 0.349 e. The van der Waals surface area contributed by atoms with Crippen LogP contribution in [-0.2, 0) is 14.8 Å². The van der Waals surface area contributed by atoms with Crippen LogP contribution < -0.4 is 10.6 Å². The zero-order valence-electron chi connectivity index (χ0n) is 15.3. The molecule has 0 atom stereocenters. The van der Waals surface area contributed by atoms with Gasteiger partial charge in [-0.05, 0) is 24.5 Å². The van der Waals surface area contributed by atoms with Crippen molar-refractivity contribution < 1.29 is 13.2 Å². The average molecular weight is 402 g/mol. The SMILES string of the molecule is O=C(NCCC1CCCCC1)C1=NS(=O)(=O)c2cc(-c3cn[nH]n3)ccc2N1. The molecule has 4 rings (SSSR count). The van der Waals surface area contributed by atoms with E-state index in [1.165, 1.54) is 44.4 Å². The minimum atomic E-state index is -3.99. The molecule has 1 saturated carbocycles. The third-order valence-corrected chi connectivity index (χ3v) is 6.53. The molecule has 10 heteroatoms. The molecule has 0 radical (unpaired) electrons. The molecular formula is C18H22N6O3S. The summed E-state index contributed by atoms with van der Waals surface area (Å²) in [6, 6.07) is 4.78. The Bertz CT molecular complexity index is 994. The summed E-state index contributed by atoms with van der Waals surface area (Å²) >= 11 is 0. The van der Waals surface area contributed by atoms with Gasteiger partial charge in [-0.1, -0.05) is 38.2 Å². The van der Waals surface area contributed by atoms with E-state index in [0.717, 1.165) is 6.42 Å². The second-order valence-electron chi connectivity index (χ2n) is 7.15. The molecule has 2 aliphatic rings. The van der Waals surface area contributed by atoms with E-state index in [2.05, 4.69) is 30.4 Å². The number of fused-ring (bicyclic) bond motifs is 1. The first-order valence-corrected chi connectivity index (χ1v) is 10.9. The highest BCUT2D eigenvalue weighted by atomic mass is 32.2. The smallest absolute Gasteiger partial charge is 0.287 e. The number of carbonyl (C=O) groups excluding carboxylic acids is 1. The summed E-state index contributed by atoms with van der Waals surface area (Å²) in [5, 5.41) is 15.8. The topological polar surface area (TPSA) is 129 Å². The molecule has 1 aromatic heterocycles. The first-order valence-electron chi connectivity index (χ1n) is 9.43. The summed E-state index contributed by atoms with van der Waals surface area (Å²) in [5.74, 6) is -0.0781. The third kappa shape index (κ3) is 3.91. The highest BCUT2D eigenvalue weighted by Crippen LogP contribution is 2.31. The molecule has 148 valence electrons. The van der Waals surface area contributed by atoms with E-state index in [1.807, 2.05) is 0 Å². The Morgan fingerprint density at radius 1 is 1.21 bits per heavy atom. The monoisotopic (exact) mass is 402 g/mol. The van der Waals surface area contributed by atoms with Gasteiger partial charge in [0.2, 0.25) is 5.84 Å². The molecule has 0 spiro atoms. The van der Waals surface area contributed by atoms with E-state index in [9.17, 15) is 13.2 Å². The average Bonchev–Trinajstić information content (AvgIpc) is 3.23. The zero-order valence-corrected chi connectivity index (χ0v) is 16.1. The number of aromatic nitrogens is 3. The maximum Gasteiger partial charge on any atom is 0.287 e. The van der Waals surface area contributed by atoms with Crippen molar-refractivity contribution in [3.8, 4) is 11.3 Å². The number of nitrogens with one attached hydrogen (secondary N) is 3. The fourth-order valence-corrected chi connectivity index (χ4v) is 4.85. The number of amidine groups is 1. The number of H-pyrrole nitrogens is 1. The molecule has 1 fully saturated rings. The Hall–Kier alpha value is -2.75. The van der Waals surface area contributed by atoms with Crippen LogP contribution in [0.2, 0.25) is 0 Å². The second-order valence-corrected chi connectivity index (χ2v) is 8.73. The van der Waals surface area contributed by atoms with Crippen molar-refractivity contribution in [3.05, 3.63) is 24.4 Å². The molecule has 0 saturated heterocycles. The van der Waals surface area contributed by atoms with Crippen molar-refractivity contribution in [1.29, 1.82) is 0 Å². The van der Waals surface area contributed by atoms with Gasteiger partial charge in [0.15, 0.2) is 0 Å². The van der Waals surface area contributed by atoms with Crippen molar-refractivity contribution in [1.82, 2.24) is 20.7 Å². The van der Waals surface area contributed by atoms with E-state index in [-0.39, 0.29) is 10.7 Å². The van der Waals surface area contributed by atoms with E-state index in [4.69, 9.17) is 0 Å². The van der Waals surface area contributed by atoms with Crippen LogP contribution in [-0.4, -0.2) is 42.1 Å². The zero-order chi connectivity index (χ0) is 19.6. The van der Waals surface area contributed by atoms with Gasteiger partial charge in [0.1, 0.15) is 10.6 Å². The highest BCUT2D eigenvalue weighted by molar-refractivity contribution is 7.90. The number of carbonyl (C=O) groups is 1. The van der Waals surface area contributed by atoms with Crippen LogP contribution in [0, 0.1) is 5.92 Å². The molecular weight excluding hydrogens is 380 g/mol. The first kappa shape index (κ1) is 18.6. The lowest BCUT2D eigenvalue weighted by atomic mass is 9.87. The van der Waals surface area contributed by atoms with Gasteiger partial charge >= 0.3 is 0 Å². The molecule has 2 aromatic rings. The number of nitrogens with zero attached hydrogens (tertiary/aromatic N) is 3. The van der Waals surface area contributed by atoms with Gasteiger partial charge in [0.25, 0.3) is 15.9 Å². The predicted octanol–water partition coefficient (Wildman–Crippen LogP) is 2.07. The van der Waals surface area contributed by atoms with Gasteiger partial charge in [-0.2, -0.15) is 23.8 Å². The minimum Gasteiger partial charge on any atom is -0.349 e. The van der Waals surface area contributed by atoms with Crippen molar-refractivity contribution in [3.63, 3.8) is 0 Å². The van der Waals surface area contributed by atoms with Crippen LogP contribution in [0.3, 0.4) is 0 Å². The van der Waals surface area contributed by atoms with Crippen LogP contribution in [0.15, 0.2) is 33.7 Å². The maximum atomic E-state index is 12.6. The Labute approximate surface area is 163 Å². The Kier molecular flexibility index (Phi) is 5.12. The Balaban J connectivity index is 1.45. The summed E-state index contributed by atoms with van der Waals surface area (Å²) in [6.45, 7) is 0.516. The standard InChI is InChI=1S/C18H22N6O3S/c25-18(19-9-8-12-4-2-1-3-5-12)17-21-14-7-6-13(15-11-20-24-22-15)10-16(14)28(26,27)23-17/h6-7,10-12H,1-5,8-9H2,(H,19,25)(H,21,23)(H,20,22,24). The van der Waals surface area contributed by atoms with Crippen molar-refractivity contribution >= 4 is 27.5 Å². The number of sulfonamides is 1. The summed E-state index contributed by atoms with van der Waals surface area (Å²) in [4.78, 5) is 12.4. The number of amides is 1. The summed E-state index contributed by atoms with van der Waals surface area (Å²) in [5.41, 5.74) is 1.43. The number of anilines is 1. The normalized spacial score (nSPS) is 18.6. The van der Waals surface area contributed by atoms with E-state index in [0.29, 0.717) is 29.4 Å². The van der Waals surface area contributed by atoms with Crippen molar-refractivity contribution in [2.45, 2.75) is 43.4 Å². The van der Waals surface area contributed by atoms with Gasteiger partial charge in [-0.25, -0.2) is 0 Å². The number of hydrogen-bond donors (Lipinski definition) is 3. The highest BCUT2D eigenvalue weighted by Gasteiger charge is 2.28. The first-order chi connectivity index (χ1) is 13.5. The number of benzene rings is 1. The van der Waals surface area contributed by atoms with E-state index in [1.54, 1.807) is 12.1 Å².